The van der Waals surface area contributed by atoms with E-state index in [0.717, 1.165) is 57.8 Å². The molecule has 1 unspecified atom stereocenters. The van der Waals surface area contributed by atoms with Crippen molar-refractivity contribution in [2.24, 2.45) is 16.3 Å². The number of aliphatic imine (C=N–C) groups is 1. The Morgan fingerprint density at radius 2 is 2.00 bits per heavy atom. The molecule has 0 aromatic heterocycles. The van der Waals surface area contributed by atoms with Crippen LogP contribution in [0, 0.1) is 11.3 Å². The van der Waals surface area contributed by atoms with Crippen LogP contribution in [0.4, 0.5) is 0 Å². The van der Waals surface area contributed by atoms with Gasteiger partial charge in [-0.2, -0.15) is 0 Å². The molecule has 3 fully saturated rings. The maximum atomic E-state index is 5.44. The minimum Gasteiger partial charge on any atom is -0.379 e. The molecule has 0 bridgehead atoms. The highest BCUT2D eigenvalue weighted by Crippen LogP contribution is 2.57. The molecule has 2 saturated carbocycles. The smallest absolute Gasteiger partial charge is 0.191 e. The van der Waals surface area contributed by atoms with Gasteiger partial charge < -0.3 is 15.4 Å². The monoisotopic (exact) mass is 322 g/mol. The second-order valence-electron chi connectivity index (χ2n) is 7.56. The normalized spacial score (nSPS) is 26.4. The zero-order chi connectivity index (χ0) is 16.1. The van der Waals surface area contributed by atoms with Crippen molar-refractivity contribution < 1.29 is 4.74 Å². The molecular formula is C18H34N4O. The van der Waals surface area contributed by atoms with Gasteiger partial charge in [0.05, 0.1) is 13.2 Å². The summed E-state index contributed by atoms with van der Waals surface area (Å²) in [6.45, 7) is 11.1. The Bertz CT molecular complexity index is 398. The van der Waals surface area contributed by atoms with E-state index in [1.54, 1.807) is 0 Å². The summed E-state index contributed by atoms with van der Waals surface area (Å²) in [7, 11) is 0. The van der Waals surface area contributed by atoms with Crippen LogP contribution >= 0.6 is 0 Å². The molecule has 2 aliphatic carbocycles. The number of ether oxygens (including phenoxy) is 1. The first-order chi connectivity index (χ1) is 11.2. The van der Waals surface area contributed by atoms with Crippen LogP contribution in [0.15, 0.2) is 4.99 Å². The quantitative estimate of drug-likeness (QED) is 0.555. The van der Waals surface area contributed by atoms with E-state index in [9.17, 15) is 0 Å². The molecule has 5 nitrogen and oxygen atoms in total. The largest absolute Gasteiger partial charge is 0.379 e. The number of nitrogens with one attached hydrogen (secondary N) is 2. The zero-order valence-corrected chi connectivity index (χ0v) is 14.9. The summed E-state index contributed by atoms with van der Waals surface area (Å²) in [6, 6.07) is 0.517. The third-order valence-electron chi connectivity index (χ3n) is 5.92. The summed E-state index contributed by atoms with van der Waals surface area (Å²) in [4.78, 5) is 7.43. The average molecular weight is 322 g/mol. The van der Waals surface area contributed by atoms with Crippen LogP contribution in [0.3, 0.4) is 0 Å². The number of rotatable bonds is 7. The van der Waals surface area contributed by atoms with Crippen LogP contribution in [0.1, 0.15) is 46.0 Å². The third-order valence-corrected chi connectivity index (χ3v) is 5.92. The molecule has 23 heavy (non-hydrogen) atoms. The molecule has 0 amide bonds. The van der Waals surface area contributed by atoms with Crippen molar-refractivity contribution in [1.29, 1.82) is 0 Å². The van der Waals surface area contributed by atoms with Crippen LogP contribution in [-0.4, -0.2) is 62.8 Å². The average Bonchev–Trinajstić information content (AvgIpc) is 3.37. The van der Waals surface area contributed by atoms with Gasteiger partial charge in [0.2, 0.25) is 0 Å². The molecule has 0 aromatic carbocycles. The molecule has 5 heteroatoms. The highest BCUT2D eigenvalue weighted by molar-refractivity contribution is 5.79. The van der Waals surface area contributed by atoms with E-state index < -0.39 is 0 Å². The Hall–Kier alpha value is -0.810. The number of nitrogens with zero attached hydrogens (tertiary/aromatic N) is 2. The van der Waals surface area contributed by atoms with Crippen molar-refractivity contribution >= 4 is 5.96 Å². The van der Waals surface area contributed by atoms with Gasteiger partial charge in [-0.1, -0.05) is 6.42 Å². The van der Waals surface area contributed by atoms with E-state index in [1.807, 2.05) is 0 Å². The van der Waals surface area contributed by atoms with Gasteiger partial charge in [0, 0.05) is 38.8 Å². The second kappa shape index (κ2) is 7.84. The second-order valence-corrected chi connectivity index (χ2v) is 7.56. The zero-order valence-electron chi connectivity index (χ0n) is 14.9. The lowest BCUT2D eigenvalue weighted by Gasteiger charge is -2.41. The lowest BCUT2D eigenvalue weighted by molar-refractivity contribution is 0.0211. The summed E-state index contributed by atoms with van der Waals surface area (Å²) in [5.74, 6) is 1.97. The van der Waals surface area contributed by atoms with Gasteiger partial charge in [-0.3, -0.25) is 9.89 Å². The predicted molar refractivity (Wildman–Crippen MR) is 94.8 cm³/mol. The Labute approximate surface area is 141 Å². The predicted octanol–water partition coefficient (Wildman–Crippen LogP) is 1.84. The Kier molecular flexibility index (Phi) is 5.81. The molecule has 0 spiro atoms. The molecule has 1 saturated heterocycles. The fourth-order valence-corrected chi connectivity index (χ4v) is 3.99. The Morgan fingerprint density at radius 3 is 2.57 bits per heavy atom. The van der Waals surface area contributed by atoms with E-state index in [4.69, 9.17) is 9.73 Å². The van der Waals surface area contributed by atoms with Gasteiger partial charge >= 0.3 is 0 Å². The Balaban J connectivity index is 1.48. The standard InChI is InChI=1S/C18H34N4O/c1-3-19-17(20-13-15(2)22-9-11-23-12-10-22)21-14-18(7-4-8-18)16-5-6-16/h15-16H,3-14H2,1-2H3,(H2,19,20,21). The lowest BCUT2D eigenvalue weighted by atomic mass is 9.65. The number of guanidine groups is 1. The van der Waals surface area contributed by atoms with E-state index in [0.29, 0.717) is 11.5 Å². The van der Waals surface area contributed by atoms with Crippen LogP contribution in [-0.2, 0) is 4.74 Å². The van der Waals surface area contributed by atoms with Gasteiger partial charge in [0.1, 0.15) is 0 Å². The topological polar surface area (TPSA) is 48.9 Å². The van der Waals surface area contributed by atoms with E-state index in [2.05, 4.69) is 29.4 Å². The van der Waals surface area contributed by atoms with Gasteiger partial charge in [0.15, 0.2) is 5.96 Å². The van der Waals surface area contributed by atoms with Crippen molar-refractivity contribution in [1.82, 2.24) is 15.5 Å². The minimum atomic E-state index is 0.517. The summed E-state index contributed by atoms with van der Waals surface area (Å²) in [5, 5.41) is 6.97. The summed E-state index contributed by atoms with van der Waals surface area (Å²) >= 11 is 0. The fraction of sp³-hybridized carbons (Fsp3) is 0.944. The molecule has 3 aliphatic rings. The maximum Gasteiger partial charge on any atom is 0.191 e. The summed E-state index contributed by atoms with van der Waals surface area (Å²) in [6.07, 6.45) is 7.07. The molecule has 1 aliphatic heterocycles. The van der Waals surface area contributed by atoms with E-state index >= 15 is 0 Å². The fourth-order valence-electron chi connectivity index (χ4n) is 3.99. The first-order valence-corrected chi connectivity index (χ1v) is 9.57. The lowest BCUT2D eigenvalue weighted by Crippen LogP contribution is -2.49. The number of hydrogen-bond acceptors (Lipinski definition) is 3. The van der Waals surface area contributed by atoms with Crippen LogP contribution < -0.4 is 10.6 Å². The third kappa shape index (κ3) is 4.38. The summed E-state index contributed by atoms with van der Waals surface area (Å²) in [5.41, 5.74) is 0.554. The van der Waals surface area contributed by atoms with Gasteiger partial charge in [-0.05, 0) is 50.9 Å². The van der Waals surface area contributed by atoms with Gasteiger partial charge in [-0.15, -0.1) is 0 Å². The van der Waals surface area contributed by atoms with Gasteiger partial charge in [-0.25, -0.2) is 0 Å². The Morgan fingerprint density at radius 1 is 1.26 bits per heavy atom. The molecule has 1 heterocycles. The van der Waals surface area contributed by atoms with E-state index in [1.165, 1.54) is 32.1 Å². The highest BCUT2D eigenvalue weighted by Gasteiger charge is 2.48. The van der Waals surface area contributed by atoms with Crippen molar-refractivity contribution in [2.75, 3.05) is 45.9 Å². The van der Waals surface area contributed by atoms with Crippen LogP contribution in [0.25, 0.3) is 0 Å². The van der Waals surface area contributed by atoms with Gasteiger partial charge in [0.25, 0.3) is 0 Å². The first-order valence-electron chi connectivity index (χ1n) is 9.57. The molecular weight excluding hydrogens is 288 g/mol. The molecule has 2 N–H and O–H groups in total. The molecule has 0 radical (unpaired) electrons. The maximum absolute atomic E-state index is 5.44. The molecule has 132 valence electrons. The highest BCUT2D eigenvalue weighted by atomic mass is 16.5. The minimum absolute atomic E-state index is 0.517. The number of morpholine rings is 1. The first kappa shape index (κ1) is 17.0. The molecule has 3 rings (SSSR count). The van der Waals surface area contributed by atoms with Crippen molar-refractivity contribution in [2.45, 2.75) is 52.0 Å². The van der Waals surface area contributed by atoms with Crippen LogP contribution in [0.5, 0.6) is 0 Å². The van der Waals surface area contributed by atoms with Crippen molar-refractivity contribution in [3.63, 3.8) is 0 Å². The van der Waals surface area contributed by atoms with E-state index in [-0.39, 0.29) is 0 Å². The van der Waals surface area contributed by atoms with Crippen LogP contribution in [0.2, 0.25) is 0 Å². The number of hydrogen-bond donors (Lipinski definition) is 2. The molecule has 0 aromatic rings. The van der Waals surface area contributed by atoms with Crippen molar-refractivity contribution in [3.8, 4) is 0 Å². The summed E-state index contributed by atoms with van der Waals surface area (Å²) < 4.78 is 5.44. The SMILES string of the molecule is CCNC(=NCC1(C2CC2)CCC1)NCC(C)N1CCOCC1. The van der Waals surface area contributed by atoms with Crippen molar-refractivity contribution in [3.05, 3.63) is 0 Å². The molecule has 1 atom stereocenters.